The molecule has 7 amide bonds. The first-order valence-corrected chi connectivity index (χ1v) is 26.0. The third-order valence-corrected chi connectivity index (χ3v) is 11.8. The van der Waals surface area contributed by atoms with Crippen molar-refractivity contribution in [3.05, 3.63) is 0 Å². The second kappa shape index (κ2) is 44.6. The molecule has 390 valence electrons. The number of hydrogen-bond acceptors (Lipinski definition) is 12. The minimum absolute atomic E-state index is 0.123. The quantitative estimate of drug-likeness (QED) is 0.0391. The highest BCUT2D eigenvalue weighted by Gasteiger charge is 2.22. The molecule has 0 unspecified atom stereocenters. The van der Waals surface area contributed by atoms with Crippen molar-refractivity contribution in [1.82, 2.24) is 31.9 Å². The summed E-state index contributed by atoms with van der Waals surface area (Å²) in [5.74, 6) is -1.51. The zero-order chi connectivity index (χ0) is 49.8. The number of hydrogen-bond donors (Lipinski definition) is 12. The molecule has 0 aliphatic heterocycles. The maximum atomic E-state index is 13.0. The van der Waals surface area contributed by atoms with E-state index in [1.807, 2.05) is 0 Å². The van der Waals surface area contributed by atoms with E-state index in [1.165, 1.54) is 0 Å². The van der Waals surface area contributed by atoms with Crippen molar-refractivity contribution in [2.24, 2.45) is 34.4 Å². The molecule has 4 atom stereocenters. The molecule has 0 aliphatic rings. The van der Waals surface area contributed by atoms with E-state index in [0.717, 1.165) is 135 Å². The van der Waals surface area contributed by atoms with Crippen molar-refractivity contribution in [2.45, 2.75) is 217 Å². The Kier molecular flexibility index (Phi) is 42.0. The van der Waals surface area contributed by atoms with Gasteiger partial charge in [-0.1, -0.05) is 64.2 Å². The van der Waals surface area contributed by atoms with Crippen LogP contribution in [-0.2, 0) is 33.6 Å². The van der Waals surface area contributed by atoms with Gasteiger partial charge in [-0.2, -0.15) is 0 Å². The number of carbonyl (C=O) groups excluding carboxylic acids is 7. The molecule has 0 spiro atoms. The Morgan fingerprint density at radius 2 is 0.612 bits per heavy atom. The predicted octanol–water partition coefficient (Wildman–Crippen LogP) is 2.14. The lowest BCUT2D eigenvalue weighted by molar-refractivity contribution is -0.129. The Hall–Kier alpha value is -3.91. The fraction of sp³-hybridized carbons (Fsp3) is 0.854. The molecule has 0 rings (SSSR count). The lowest BCUT2D eigenvalue weighted by Crippen LogP contribution is -2.47. The van der Waals surface area contributed by atoms with Crippen LogP contribution < -0.4 is 66.3 Å². The van der Waals surface area contributed by atoms with Gasteiger partial charge in [-0.25, -0.2) is 0 Å². The highest BCUT2D eigenvalue weighted by atomic mass is 16.2. The zero-order valence-electron chi connectivity index (χ0n) is 41.3. The molecule has 0 aromatic heterocycles. The third-order valence-electron chi connectivity index (χ3n) is 11.8. The van der Waals surface area contributed by atoms with Crippen LogP contribution in [0.5, 0.6) is 0 Å². The molecule has 0 aromatic carbocycles. The van der Waals surface area contributed by atoms with Gasteiger partial charge in [-0.05, 0) is 135 Å². The Bertz CT molecular complexity index is 1330. The second-order valence-corrected chi connectivity index (χ2v) is 17.9. The Morgan fingerprint density at radius 3 is 0.955 bits per heavy atom. The van der Waals surface area contributed by atoms with Crippen LogP contribution in [0.3, 0.4) is 0 Å². The Labute approximate surface area is 402 Å². The smallest absolute Gasteiger partial charge is 0.242 e. The monoisotopic (exact) mass is 953 g/mol. The number of primary amides is 1. The maximum absolute atomic E-state index is 13.0. The van der Waals surface area contributed by atoms with Gasteiger partial charge >= 0.3 is 0 Å². The predicted molar refractivity (Wildman–Crippen MR) is 267 cm³/mol. The van der Waals surface area contributed by atoms with E-state index in [-0.39, 0.29) is 35.4 Å². The first-order valence-electron chi connectivity index (χ1n) is 26.0. The summed E-state index contributed by atoms with van der Waals surface area (Å²) in [5.41, 5.74) is 33.7. The molecule has 0 aromatic rings. The van der Waals surface area contributed by atoms with E-state index < -0.39 is 30.1 Å². The van der Waals surface area contributed by atoms with Gasteiger partial charge in [0.2, 0.25) is 41.4 Å². The molecular weight excluding hydrogens is 857 g/mol. The number of rotatable bonds is 47. The molecule has 18 N–H and O–H groups in total. The average Bonchev–Trinajstić information content (AvgIpc) is 3.30. The third kappa shape index (κ3) is 37.7. The van der Waals surface area contributed by atoms with E-state index in [2.05, 4.69) is 31.9 Å². The van der Waals surface area contributed by atoms with Gasteiger partial charge in [0.05, 0.1) is 6.04 Å². The highest BCUT2D eigenvalue weighted by molar-refractivity contribution is 5.88. The van der Waals surface area contributed by atoms with Crippen LogP contribution >= 0.6 is 0 Å². The summed E-state index contributed by atoms with van der Waals surface area (Å²) < 4.78 is 0. The Balaban J connectivity index is 4.36. The van der Waals surface area contributed by atoms with Gasteiger partial charge in [0, 0.05) is 38.9 Å². The van der Waals surface area contributed by atoms with Crippen molar-refractivity contribution >= 4 is 41.4 Å². The number of nitrogens with one attached hydrogen (secondary N) is 6. The van der Waals surface area contributed by atoms with Gasteiger partial charge in [-0.3, -0.25) is 33.6 Å². The number of unbranched alkanes of at least 4 members (excludes halogenated alkanes) is 16. The summed E-state index contributed by atoms with van der Waals surface area (Å²) in [5, 5.41) is 17.4. The average molecular weight is 953 g/mol. The van der Waals surface area contributed by atoms with Crippen LogP contribution in [0.2, 0.25) is 0 Å². The molecule has 67 heavy (non-hydrogen) atoms. The lowest BCUT2D eigenvalue weighted by atomic mass is 10.1. The summed E-state index contributed by atoms with van der Waals surface area (Å²) in [6.45, 7) is 3.74. The molecule has 0 saturated heterocycles. The van der Waals surface area contributed by atoms with Crippen LogP contribution in [0.1, 0.15) is 193 Å². The molecular formula is C48H96N12O7. The summed E-state index contributed by atoms with van der Waals surface area (Å²) in [6.07, 6.45) is 21.9. The van der Waals surface area contributed by atoms with Crippen LogP contribution in [-0.4, -0.2) is 111 Å². The van der Waals surface area contributed by atoms with E-state index in [0.29, 0.717) is 104 Å². The molecule has 0 fully saturated rings. The first kappa shape index (κ1) is 63.1. The SMILES string of the molecule is NCCCC[C@H](NC(=O)CCCCCCCNC(=O)[C@H](CCCCN)NC(=O)CCCCCCCNC(=O)[C@H](CCCCN)NC(=O)CCCCCCCNC(=O)[C@@H](N)CCCCN)C(N)=O. The largest absolute Gasteiger partial charge is 0.368 e. The maximum Gasteiger partial charge on any atom is 0.242 e. The highest BCUT2D eigenvalue weighted by Crippen LogP contribution is 2.11. The minimum Gasteiger partial charge on any atom is -0.368 e. The number of amides is 7. The fourth-order valence-electron chi connectivity index (χ4n) is 7.58. The fourth-order valence-corrected chi connectivity index (χ4v) is 7.58. The van der Waals surface area contributed by atoms with Crippen molar-refractivity contribution in [1.29, 1.82) is 0 Å². The zero-order valence-corrected chi connectivity index (χ0v) is 41.3. The lowest BCUT2D eigenvalue weighted by Gasteiger charge is -2.19. The normalized spacial score (nSPS) is 12.9. The Morgan fingerprint density at radius 1 is 0.328 bits per heavy atom. The number of carbonyl (C=O) groups is 7. The first-order chi connectivity index (χ1) is 32.4. The van der Waals surface area contributed by atoms with E-state index in [4.69, 9.17) is 34.4 Å². The van der Waals surface area contributed by atoms with Gasteiger partial charge in [0.1, 0.15) is 18.1 Å². The second-order valence-electron chi connectivity index (χ2n) is 17.9. The molecule has 0 aliphatic carbocycles. The van der Waals surface area contributed by atoms with Crippen LogP contribution in [0, 0.1) is 0 Å². The number of nitrogens with two attached hydrogens (primary N) is 6. The molecule has 19 heteroatoms. The van der Waals surface area contributed by atoms with E-state index >= 15 is 0 Å². The van der Waals surface area contributed by atoms with Crippen LogP contribution in [0.15, 0.2) is 0 Å². The van der Waals surface area contributed by atoms with Crippen molar-refractivity contribution in [2.75, 3.05) is 45.8 Å². The topological polar surface area (TPSA) is 348 Å². The summed E-state index contributed by atoms with van der Waals surface area (Å²) >= 11 is 0. The summed E-state index contributed by atoms with van der Waals surface area (Å²) in [7, 11) is 0. The standard InChI is InChI=1S/C48H96N12O7/c49-31-17-13-24-38(53)46(65)55-35-21-7-1-5-11-29-43(62)59-40(26-15-19-33-51)48(67)57-37-23-9-3-6-12-30-44(63)60-41(27-16-20-34-52)47(66)56-36-22-8-2-4-10-28-42(61)58-39(45(54)64)25-14-18-32-50/h38-41H,1-37,49-53H2,(H2,54,64)(H,55,65)(H,56,66)(H,57,67)(H,58,61)(H,59,62)(H,60,63)/t38-,39-,40-,41-/m0/s1. The molecule has 0 bridgehead atoms. The van der Waals surface area contributed by atoms with Crippen LogP contribution in [0.4, 0.5) is 0 Å². The molecule has 0 saturated carbocycles. The van der Waals surface area contributed by atoms with Gasteiger partial charge in [-0.15, -0.1) is 0 Å². The molecule has 19 nitrogen and oxygen atoms in total. The van der Waals surface area contributed by atoms with Crippen molar-refractivity contribution < 1.29 is 33.6 Å². The van der Waals surface area contributed by atoms with Gasteiger partial charge in [0.25, 0.3) is 0 Å². The van der Waals surface area contributed by atoms with Crippen molar-refractivity contribution in [3.63, 3.8) is 0 Å². The molecule has 0 heterocycles. The summed E-state index contributed by atoms with van der Waals surface area (Å²) in [6, 6.07) is -2.38. The minimum atomic E-state index is -0.667. The van der Waals surface area contributed by atoms with Gasteiger partial charge in [0.15, 0.2) is 0 Å². The van der Waals surface area contributed by atoms with E-state index in [1.54, 1.807) is 0 Å². The molecule has 0 radical (unpaired) electrons. The van der Waals surface area contributed by atoms with E-state index in [9.17, 15) is 33.6 Å². The van der Waals surface area contributed by atoms with Crippen molar-refractivity contribution in [3.8, 4) is 0 Å². The summed E-state index contributed by atoms with van der Waals surface area (Å²) in [4.78, 5) is 87.6. The van der Waals surface area contributed by atoms with Gasteiger partial charge < -0.3 is 66.3 Å². The van der Waals surface area contributed by atoms with Crippen LogP contribution in [0.25, 0.3) is 0 Å².